The van der Waals surface area contributed by atoms with Crippen molar-refractivity contribution in [3.05, 3.63) is 0 Å². The molecule has 13 heavy (non-hydrogen) atoms. The summed E-state index contributed by atoms with van der Waals surface area (Å²) in [4.78, 5) is 10.2. The Morgan fingerprint density at radius 1 is 1.54 bits per heavy atom. The van der Waals surface area contributed by atoms with Gasteiger partial charge in [0.2, 0.25) is 15.9 Å². The summed E-state index contributed by atoms with van der Waals surface area (Å²) in [5, 5.41) is 0. The molecule has 0 aromatic heterocycles. The molecule has 0 saturated carbocycles. The average Bonchev–Trinajstić information content (AvgIpc) is 2.03. The first-order valence-corrected chi connectivity index (χ1v) is 5.46. The summed E-state index contributed by atoms with van der Waals surface area (Å²) >= 11 is 0. The summed E-state index contributed by atoms with van der Waals surface area (Å²) in [5.74, 6) is -0.540. The Morgan fingerprint density at radius 3 is 2.62 bits per heavy atom. The summed E-state index contributed by atoms with van der Waals surface area (Å²) in [5.41, 5.74) is 4.78. The fraction of sp³-hybridized carbons (Fsp3) is 0.833. The molecular weight excluding hydrogens is 196 g/mol. The van der Waals surface area contributed by atoms with Crippen molar-refractivity contribution in [3.63, 3.8) is 0 Å². The van der Waals surface area contributed by atoms with Gasteiger partial charge in [0.1, 0.15) is 6.61 Å². The number of carbonyl (C=O) groups is 1. The van der Waals surface area contributed by atoms with Crippen LogP contribution >= 0.6 is 0 Å². The molecule has 0 unspecified atom stereocenters. The zero-order chi connectivity index (χ0) is 10.3. The smallest absolute Gasteiger partial charge is 0.243 e. The van der Waals surface area contributed by atoms with Crippen molar-refractivity contribution in [1.29, 1.82) is 0 Å². The van der Waals surface area contributed by atoms with E-state index in [1.54, 1.807) is 0 Å². The van der Waals surface area contributed by atoms with E-state index < -0.39 is 15.9 Å². The molecule has 0 aliphatic carbocycles. The number of hydrogen-bond donors (Lipinski definition) is 2. The first-order chi connectivity index (χ1) is 5.98. The first-order valence-electron chi connectivity index (χ1n) is 3.81. The van der Waals surface area contributed by atoms with Crippen LogP contribution in [0.4, 0.5) is 0 Å². The van der Waals surface area contributed by atoms with Crippen molar-refractivity contribution >= 4 is 15.9 Å². The lowest BCUT2D eigenvalue weighted by Gasteiger charge is -2.03. The summed E-state index contributed by atoms with van der Waals surface area (Å²) in [6, 6.07) is 0. The summed E-state index contributed by atoms with van der Waals surface area (Å²) in [6.07, 6.45) is 0. The Labute approximate surface area is 77.5 Å². The number of rotatable bonds is 7. The second kappa shape index (κ2) is 5.90. The zero-order valence-corrected chi connectivity index (χ0v) is 8.26. The van der Waals surface area contributed by atoms with Crippen molar-refractivity contribution < 1.29 is 17.9 Å². The average molecular weight is 210 g/mol. The van der Waals surface area contributed by atoms with Gasteiger partial charge in [0, 0.05) is 6.54 Å². The second-order valence-electron chi connectivity index (χ2n) is 2.32. The van der Waals surface area contributed by atoms with Crippen LogP contribution in [0.3, 0.4) is 0 Å². The fourth-order valence-corrected chi connectivity index (χ4v) is 1.14. The molecule has 0 aromatic rings. The molecule has 0 atom stereocenters. The molecule has 6 nitrogen and oxygen atoms in total. The molecule has 3 N–H and O–H groups in total. The third-order valence-corrected chi connectivity index (χ3v) is 2.60. The van der Waals surface area contributed by atoms with Crippen LogP contribution < -0.4 is 10.5 Å². The number of carbonyl (C=O) groups excluding carboxylic acids is 1. The first kappa shape index (κ1) is 12.3. The normalized spacial score (nSPS) is 11.5. The molecule has 0 rings (SSSR count). The summed E-state index contributed by atoms with van der Waals surface area (Å²) < 4.78 is 28.7. The minimum absolute atomic E-state index is 0.0306. The third kappa shape index (κ3) is 7.69. The number of amides is 1. The number of ether oxygens (including phenoxy) is 1. The van der Waals surface area contributed by atoms with Gasteiger partial charge in [-0.05, 0) is 6.92 Å². The minimum Gasteiger partial charge on any atom is -0.370 e. The fourth-order valence-electron chi connectivity index (χ4n) is 0.544. The van der Waals surface area contributed by atoms with Crippen LogP contribution in [0.1, 0.15) is 6.92 Å². The monoisotopic (exact) mass is 210 g/mol. The van der Waals surface area contributed by atoms with Crippen molar-refractivity contribution in [2.45, 2.75) is 6.92 Å². The maximum atomic E-state index is 10.8. The minimum atomic E-state index is -3.17. The second-order valence-corrected chi connectivity index (χ2v) is 4.41. The quantitative estimate of drug-likeness (QED) is 0.496. The Balaban J connectivity index is 3.42. The van der Waals surface area contributed by atoms with Gasteiger partial charge in [0.05, 0.1) is 12.4 Å². The predicted octanol–water partition coefficient (Wildman–Crippen LogP) is -1.57. The Hall–Kier alpha value is -0.660. The molecule has 0 aliphatic heterocycles. The maximum absolute atomic E-state index is 10.8. The lowest BCUT2D eigenvalue weighted by atomic mass is 10.6. The lowest BCUT2D eigenvalue weighted by molar-refractivity contribution is -0.122. The predicted molar refractivity (Wildman–Crippen MR) is 47.5 cm³/mol. The van der Waals surface area contributed by atoms with Crippen molar-refractivity contribution in [3.8, 4) is 0 Å². The van der Waals surface area contributed by atoms with E-state index in [1.807, 2.05) is 0 Å². The summed E-state index contributed by atoms with van der Waals surface area (Å²) in [6.45, 7) is 1.64. The molecular formula is C6H14N2O4S. The van der Waals surface area contributed by atoms with Gasteiger partial charge in [-0.2, -0.15) is 0 Å². The molecule has 0 fully saturated rings. The maximum Gasteiger partial charge on any atom is 0.243 e. The Kier molecular flexibility index (Phi) is 5.60. The van der Waals surface area contributed by atoms with E-state index in [2.05, 4.69) is 4.72 Å². The number of nitrogens with two attached hydrogens (primary N) is 1. The van der Waals surface area contributed by atoms with Gasteiger partial charge in [0.15, 0.2) is 0 Å². The number of hydrogen-bond acceptors (Lipinski definition) is 4. The molecule has 1 amide bonds. The lowest BCUT2D eigenvalue weighted by Crippen LogP contribution is -2.29. The van der Waals surface area contributed by atoms with E-state index >= 15 is 0 Å². The molecule has 7 heteroatoms. The van der Waals surface area contributed by atoms with E-state index in [9.17, 15) is 13.2 Å². The van der Waals surface area contributed by atoms with Crippen LogP contribution in [0.5, 0.6) is 0 Å². The highest BCUT2D eigenvalue weighted by molar-refractivity contribution is 7.89. The van der Waals surface area contributed by atoms with Gasteiger partial charge in [-0.3, -0.25) is 4.79 Å². The Morgan fingerprint density at radius 2 is 2.15 bits per heavy atom. The van der Waals surface area contributed by atoms with Gasteiger partial charge in [-0.1, -0.05) is 0 Å². The molecule has 0 saturated heterocycles. The van der Waals surface area contributed by atoms with Crippen LogP contribution in [0, 0.1) is 0 Å². The molecule has 0 heterocycles. The number of primary amides is 1. The zero-order valence-electron chi connectivity index (χ0n) is 7.45. The van der Waals surface area contributed by atoms with E-state index in [0.717, 1.165) is 0 Å². The van der Waals surface area contributed by atoms with Gasteiger partial charge in [0.25, 0.3) is 0 Å². The highest BCUT2D eigenvalue weighted by Crippen LogP contribution is 1.81. The highest BCUT2D eigenvalue weighted by Gasteiger charge is 2.04. The largest absolute Gasteiger partial charge is 0.370 e. The van der Waals surface area contributed by atoms with E-state index in [0.29, 0.717) is 0 Å². The molecule has 0 radical (unpaired) electrons. The van der Waals surface area contributed by atoms with Gasteiger partial charge >= 0.3 is 0 Å². The third-order valence-electron chi connectivity index (χ3n) is 1.19. The Bertz CT molecular complexity index is 249. The van der Waals surface area contributed by atoms with Crippen molar-refractivity contribution in [1.82, 2.24) is 4.72 Å². The van der Waals surface area contributed by atoms with Crippen LogP contribution in [0.25, 0.3) is 0 Å². The number of sulfonamides is 1. The van der Waals surface area contributed by atoms with Crippen molar-refractivity contribution in [2.24, 2.45) is 5.73 Å². The standard InChI is InChI=1S/C6H14N2O4S/c1-2-13(10,11)8-3-4-12-5-6(7)9/h8H,2-5H2,1H3,(H2,7,9). The van der Waals surface area contributed by atoms with Crippen LogP contribution in [0.2, 0.25) is 0 Å². The van der Waals surface area contributed by atoms with Gasteiger partial charge in [-0.15, -0.1) is 0 Å². The van der Waals surface area contributed by atoms with E-state index in [4.69, 9.17) is 10.5 Å². The van der Waals surface area contributed by atoms with Gasteiger partial charge < -0.3 is 10.5 Å². The van der Waals surface area contributed by atoms with E-state index in [1.165, 1.54) is 6.92 Å². The van der Waals surface area contributed by atoms with Crippen LogP contribution in [-0.4, -0.2) is 39.8 Å². The summed E-state index contributed by atoms with van der Waals surface area (Å²) in [7, 11) is -3.17. The molecule has 0 aromatic carbocycles. The molecule has 0 spiro atoms. The van der Waals surface area contributed by atoms with Crippen LogP contribution in [0.15, 0.2) is 0 Å². The SMILES string of the molecule is CCS(=O)(=O)NCCOCC(N)=O. The van der Waals surface area contributed by atoms with E-state index in [-0.39, 0.29) is 25.5 Å². The number of nitrogens with one attached hydrogen (secondary N) is 1. The molecule has 78 valence electrons. The van der Waals surface area contributed by atoms with Gasteiger partial charge in [-0.25, -0.2) is 13.1 Å². The highest BCUT2D eigenvalue weighted by atomic mass is 32.2. The van der Waals surface area contributed by atoms with Crippen LogP contribution in [-0.2, 0) is 19.6 Å². The van der Waals surface area contributed by atoms with Crippen molar-refractivity contribution in [2.75, 3.05) is 25.5 Å². The molecule has 0 aliphatic rings. The molecule has 0 bridgehead atoms. The topological polar surface area (TPSA) is 98.5 Å².